The summed E-state index contributed by atoms with van der Waals surface area (Å²) in [6.07, 6.45) is 6.56. The van der Waals surface area contributed by atoms with E-state index in [4.69, 9.17) is 25.8 Å². The Kier molecular flexibility index (Phi) is 10.6. The van der Waals surface area contributed by atoms with E-state index in [-0.39, 0.29) is 12.7 Å². The predicted molar refractivity (Wildman–Crippen MR) is 125 cm³/mol. The molecule has 1 aromatic rings. The van der Waals surface area contributed by atoms with Gasteiger partial charge in [-0.3, -0.25) is 0 Å². The van der Waals surface area contributed by atoms with Crippen LogP contribution in [-0.2, 0) is 9.47 Å². The van der Waals surface area contributed by atoms with Crippen molar-refractivity contribution < 1.29 is 19.0 Å². The number of aryl methyl sites for hydroxylation is 1. The summed E-state index contributed by atoms with van der Waals surface area (Å²) in [5.74, 6) is 6.73. The molecule has 0 atom stereocenters. The van der Waals surface area contributed by atoms with Gasteiger partial charge in [0, 0.05) is 27.2 Å². The smallest absolute Gasteiger partial charge is 0.409 e. The van der Waals surface area contributed by atoms with Crippen LogP contribution >= 0.6 is 0 Å². The number of rotatable bonds is 11. The normalized spacial score (nSPS) is 15.2. The van der Waals surface area contributed by atoms with Crippen LogP contribution in [0.5, 0.6) is 5.75 Å². The summed E-state index contributed by atoms with van der Waals surface area (Å²) in [4.78, 5) is 18.3. The maximum Gasteiger partial charge on any atom is 0.409 e. The maximum atomic E-state index is 12.3. The molecule has 1 saturated carbocycles. The molecule has 1 aliphatic rings. The first-order valence-corrected chi connectivity index (χ1v) is 11.4. The van der Waals surface area contributed by atoms with E-state index in [9.17, 15) is 4.79 Å². The first kappa shape index (κ1) is 25.7. The number of nitrogens with zero attached hydrogens (tertiary/aromatic N) is 3. The number of hydrazine groups is 1. The Labute approximate surface area is 191 Å². The molecule has 0 spiro atoms. The lowest BCUT2D eigenvalue weighted by Gasteiger charge is -2.24. The number of hydrogen-bond acceptors (Lipinski definition) is 8. The zero-order chi connectivity index (χ0) is 23.5. The largest absolute Gasteiger partial charge is 0.489 e. The molecule has 2 rings (SSSR count). The van der Waals surface area contributed by atoms with Gasteiger partial charge in [0.2, 0.25) is 0 Å². The second-order valence-electron chi connectivity index (χ2n) is 8.22. The van der Waals surface area contributed by atoms with Gasteiger partial charge in [-0.15, -0.1) is 0 Å². The molecule has 9 heteroatoms. The monoisotopic (exact) mass is 449 g/mol. The fourth-order valence-corrected chi connectivity index (χ4v) is 3.48. The fraction of sp³-hybridized carbons (Fsp3) is 0.652. The Balaban J connectivity index is 2.02. The van der Waals surface area contributed by atoms with Gasteiger partial charge in [0.05, 0.1) is 35.5 Å². The van der Waals surface area contributed by atoms with E-state index in [0.29, 0.717) is 36.8 Å². The van der Waals surface area contributed by atoms with Crippen molar-refractivity contribution in [2.45, 2.75) is 58.5 Å². The molecule has 32 heavy (non-hydrogen) atoms. The van der Waals surface area contributed by atoms with Gasteiger partial charge < -0.3 is 29.9 Å². The van der Waals surface area contributed by atoms with Gasteiger partial charge in [-0.05, 0) is 51.2 Å². The Morgan fingerprint density at radius 1 is 1.19 bits per heavy atom. The third-order valence-electron chi connectivity index (χ3n) is 5.46. The van der Waals surface area contributed by atoms with E-state index in [2.05, 4.69) is 4.98 Å². The number of pyridine rings is 1. The molecule has 1 heterocycles. The number of amides is 1. The van der Waals surface area contributed by atoms with Crippen molar-refractivity contribution in [2.75, 3.05) is 40.5 Å². The van der Waals surface area contributed by atoms with E-state index in [1.54, 1.807) is 14.1 Å². The molecule has 0 aromatic carbocycles. The summed E-state index contributed by atoms with van der Waals surface area (Å²) in [6, 6.07) is 3.70. The van der Waals surface area contributed by atoms with Gasteiger partial charge in [-0.2, -0.15) is 0 Å². The summed E-state index contributed by atoms with van der Waals surface area (Å²) >= 11 is 0. The lowest BCUT2D eigenvalue weighted by Crippen LogP contribution is -2.35. The van der Waals surface area contributed by atoms with Crippen LogP contribution in [0.4, 0.5) is 4.79 Å². The second kappa shape index (κ2) is 13.1. The fourth-order valence-electron chi connectivity index (χ4n) is 3.48. The van der Waals surface area contributed by atoms with Crippen molar-refractivity contribution in [3.05, 3.63) is 29.2 Å². The SMILES string of the molecule is CCCOCCN(C)C(=O)OC/C(=C(/N)c1ccc(OC2CCCCC2)c(C)n1)N(C)N. The second-order valence-corrected chi connectivity index (χ2v) is 8.22. The minimum atomic E-state index is -0.474. The van der Waals surface area contributed by atoms with Gasteiger partial charge >= 0.3 is 6.09 Å². The molecule has 4 N–H and O–H groups in total. The predicted octanol–water partition coefficient (Wildman–Crippen LogP) is 3.03. The summed E-state index contributed by atoms with van der Waals surface area (Å²) < 4.78 is 16.9. The van der Waals surface area contributed by atoms with Gasteiger partial charge in [0.25, 0.3) is 0 Å². The quantitative estimate of drug-likeness (QED) is 0.301. The van der Waals surface area contributed by atoms with E-state index in [0.717, 1.165) is 30.7 Å². The van der Waals surface area contributed by atoms with Crippen LogP contribution in [0.1, 0.15) is 56.8 Å². The molecule has 0 unspecified atom stereocenters. The lowest BCUT2D eigenvalue weighted by molar-refractivity contribution is 0.0853. The Bertz CT molecular complexity index is 763. The average molecular weight is 450 g/mol. The Morgan fingerprint density at radius 3 is 2.53 bits per heavy atom. The van der Waals surface area contributed by atoms with Gasteiger partial charge in [0.1, 0.15) is 12.4 Å². The number of hydrogen-bond donors (Lipinski definition) is 2. The van der Waals surface area contributed by atoms with Crippen molar-refractivity contribution in [1.29, 1.82) is 0 Å². The number of likely N-dealkylation sites (N-methyl/N-ethyl adjacent to an activating group) is 2. The molecule has 0 bridgehead atoms. The molecule has 180 valence electrons. The van der Waals surface area contributed by atoms with Crippen molar-refractivity contribution in [3.8, 4) is 5.75 Å². The van der Waals surface area contributed by atoms with Gasteiger partial charge in [-0.1, -0.05) is 13.3 Å². The first-order chi connectivity index (χ1) is 15.3. The van der Waals surface area contributed by atoms with Crippen LogP contribution in [0, 0.1) is 6.92 Å². The van der Waals surface area contributed by atoms with Crippen molar-refractivity contribution in [1.82, 2.24) is 14.9 Å². The van der Waals surface area contributed by atoms with Crippen LogP contribution in [0.3, 0.4) is 0 Å². The van der Waals surface area contributed by atoms with Gasteiger partial charge in [-0.25, -0.2) is 15.6 Å². The molecule has 0 aliphatic heterocycles. The molecule has 9 nitrogen and oxygen atoms in total. The number of ether oxygens (including phenoxy) is 3. The van der Waals surface area contributed by atoms with Crippen molar-refractivity contribution >= 4 is 11.8 Å². The first-order valence-electron chi connectivity index (χ1n) is 11.4. The molecular weight excluding hydrogens is 410 g/mol. The van der Waals surface area contributed by atoms with Crippen LogP contribution in [0.25, 0.3) is 5.70 Å². The maximum absolute atomic E-state index is 12.3. The van der Waals surface area contributed by atoms with Gasteiger partial charge in [0.15, 0.2) is 0 Å². The third-order valence-corrected chi connectivity index (χ3v) is 5.46. The third kappa shape index (κ3) is 7.87. The van der Waals surface area contributed by atoms with Crippen LogP contribution in [0.2, 0.25) is 0 Å². The van der Waals surface area contributed by atoms with Crippen molar-refractivity contribution in [3.63, 3.8) is 0 Å². The number of carbonyl (C=O) groups is 1. The molecule has 1 amide bonds. The highest BCUT2D eigenvalue weighted by Gasteiger charge is 2.18. The van der Waals surface area contributed by atoms with E-state index in [1.165, 1.54) is 29.2 Å². The molecule has 1 aliphatic carbocycles. The summed E-state index contributed by atoms with van der Waals surface area (Å²) in [6.45, 7) is 5.43. The number of nitrogens with two attached hydrogens (primary N) is 2. The standard InChI is InChI=1S/C23H39N5O4/c1-5-14-30-15-13-27(3)23(29)31-16-20(28(4)25)22(24)19-11-12-21(17(2)26-19)32-18-9-7-6-8-10-18/h11-12,18H,5-10,13-16,24-25H2,1-4H3/b22-20-. The number of carbonyl (C=O) groups excluding carboxylic acids is 1. The Morgan fingerprint density at radius 2 is 1.91 bits per heavy atom. The molecule has 0 radical (unpaired) electrons. The van der Waals surface area contributed by atoms with E-state index >= 15 is 0 Å². The summed E-state index contributed by atoms with van der Waals surface area (Å²) in [7, 11) is 3.30. The summed E-state index contributed by atoms with van der Waals surface area (Å²) in [5.41, 5.74) is 8.48. The molecule has 0 saturated heterocycles. The highest BCUT2D eigenvalue weighted by atomic mass is 16.6. The Hall–Kier alpha value is -2.52. The highest BCUT2D eigenvalue weighted by molar-refractivity contribution is 5.68. The topological polar surface area (TPSA) is 116 Å². The highest BCUT2D eigenvalue weighted by Crippen LogP contribution is 2.26. The van der Waals surface area contributed by atoms with E-state index < -0.39 is 6.09 Å². The molecule has 1 aromatic heterocycles. The van der Waals surface area contributed by atoms with Crippen LogP contribution in [-0.4, -0.2) is 67.6 Å². The zero-order valence-corrected chi connectivity index (χ0v) is 19.9. The van der Waals surface area contributed by atoms with E-state index in [1.807, 2.05) is 26.0 Å². The average Bonchev–Trinajstić information content (AvgIpc) is 2.78. The van der Waals surface area contributed by atoms with Crippen LogP contribution in [0.15, 0.2) is 17.8 Å². The minimum Gasteiger partial charge on any atom is -0.489 e. The minimum absolute atomic E-state index is 0.0706. The zero-order valence-electron chi connectivity index (χ0n) is 19.9. The molecule has 1 fully saturated rings. The lowest BCUT2D eigenvalue weighted by atomic mass is 9.98. The van der Waals surface area contributed by atoms with Crippen molar-refractivity contribution in [2.24, 2.45) is 11.6 Å². The molecular formula is C23H39N5O4. The number of aromatic nitrogens is 1. The summed E-state index contributed by atoms with van der Waals surface area (Å²) in [5, 5.41) is 1.34. The van der Waals surface area contributed by atoms with Crippen LogP contribution < -0.4 is 16.3 Å².